The number of hydrogen-bond acceptors (Lipinski definition) is 7. The number of aldehydes is 1. The van der Waals surface area contributed by atoms with Gasteiger partial charge >= 0.3 is 0 Å². The average molecular weight is 260 g/mol. The maximum atomic E-state index is 10.7. The van der Waals surface area contributed by atoms with Crippen LogP contribution in [-0.2, 0) is 33.3 Å². The van der Waals surface area contributed by atoms with Gasteiger partial charge in [-0.3, -0.25) is 9.59 Å². The summed E-state index contributed by atoms with van der Waals surface area (Å²) >= 11 is 0. The second kappa shape index (κ2) is 7.78. The molecule has 0 aliphatic carbocycles. The summed E-state index contributed by atoms with van der Waals surface area (Å²) in [4.78, 5) is 31.3. The van der Waals surface area contributed by atoms with Gasteiger partial charge in [0, 0.05) is 19.4 Å². The highest BCUT2D eigenvalue weighted by Gasteiger charge is 2.42. The van der Waals surface area contributed by atoms with Crippen molar-refractivity contribution in [1.29, 1.82) is 0 Å². The maximum Gasteiger partial charge on any atom is 0.293 e. The Labute approximate surface area is 104 Å². The molecule has 7 nitrogen and oxygen atoms in total. The molecule has 1 rings (SSSR count). The lowest BCUT2D eigenvalue weighted by molar-refractivity contribution is -0.152. The molecule has 4 atom stereocenters. The number of methoxy groups -OCH3 is 1. The Kier molecular flexibility index (Phi) is 6.31. The highest BCUT2D eigenvalue weighted by atomic mass is 16.6. The third kappa shape index (κ3) is 3.51. The van der Waals surface area contributed by atoms with E-state index in [4.69, 9.17) is 14.2 Å². The van der Waals surface area contributed by atoms with Crippen LogP contribution in [0.4, 0.5) is 0 Å². The summed E-state index contributed by atoms with van der Waals surface area (Å²) in [5.41, 5.74) is 0. The molecule has 102 valence electrons. The van der Waals surface area contributed by atoms with Gasteiger partial charge in [0.15, 0.2) is 6.10 Å². The lowest BCUT2D eigenvalue weighted by Crippen LogP contribution is -2.39. The Morgan fingerprint density at radius 3 is 2.67 bits per heavy atom. The van der Waals surface area contributed by atoms with Crippen molar-refractivity contribution < 1.29 is 33.3 Å². The molecule has 0 N–H and O–H groups in total. The van der Waals surface area contributed by atoms with Crippen molar-refractivity contribution in [2.24, 2.45) is 5.92 Å². The molecular weight excluding hydrogens is 244 g/mol. The lowest BCUT2D eigenvalue weighted by Gasteiger charge is -2.25. The van der Waals surface area contributed by atoms with Crippen molar-refractivity contribution in [3.05, 3.63) is 0 Å². The van der Waals surface area contributed by atoms with Crippen LogP contribution in [-0.4, -0.2) is 57.9 Å². The molecule has 1 aliphatic rings. The fraction of sp³-hybridized carbons (Fsp3) is 0.727. The van der Waals surface area contributed by atoms with Crippen LogP contribution >= 0.6 is 0 Å². The molecule has 1 aliphatic heterocycles. The first-order valence-electron chi connectivity index (χ1n) is 5.50. The van der Waals surface area contributed by atoms with Crippen molar-refractivity contribution in [3.8, 4) is 0 Å². The molecule has 0 aromatic rings. The van der Waals surface area contributed by atoms with Crippen LogP contribution in [0.1, 0.15) is 6.42 Å². The van der Waals surface area contributed by atoms with Gasteiger partial charge in [-0.2, -0.15) is 0 Å². The smallest absolute Gasteiger partial charge is 0.293 e. The molecule has 0 aromatic carbocycles. The molecule has 0 bridgehead atoms. The van der Waals surface area contributed by atoms with Gasteiger partial charge in [-0.05, 0) is 0 Å². The van der Waals surface area contributed by atoms with Crippen molar-refractivity contribution in [1.82, 2.24) is 0 Å². The third-order valence-electron chi connectivity index (χ3n) is 2.95. The van der Waals surface area contributed by atoms with Crippen LogP contribution in [0.2, 0.25) is 0 Å². The molecule has 0 spiro atoms. The van der Waals surface area contributed by atoms with Crippen LogP contribution in [0.3, 0.4) is 0 Å². The van der Waals surface area contributed by atoms with Gasteiger partial charge in [0.05, 0.1) is 12.7 Å². The standard InChI is InChI=1S/C11H16O7/c1-15-9-5-17-11(8(9)2-3-12)10(18-7-14)4-16-6-13/h3,6-11H,2,4-5H2,1H3. The Bertz CT molecular complexity index is 281. The van der Waals surface area contributed by atoms with Gasteiger partial charge in [-0.1, -0.05) is 0 Å². The first kappa shape index (κ1) is 14.6. The van der Waals surface area contributed by atoms with Gasteiger partial charge < -0.3 is 23.7 Å². The summed E-state index contributed by atoms with van der Waals surface area (Å²) in [6.07, 6.45) is -0.517. The van der Waals surface area contributed by atoms with E-state index in [9.17, 15) is 14.4 Å². The molecular formula is C11H16O7. The Morgan fingerprint density at radius 2 is 2.11 bits per heavy atom. The van der Waals surface area contributed by atoms with E-state index >= 15 is 0 Å². The highest BCUT2D eigenvalue weighted by Crippen LogP contribution is 2.29. The van der Waals surface area contributed by atoms with Crippen molar-refractivity contribution >= 4 is 19.2 Å². The fourth-order valence-electron chi connectivity index (χ4n) is 2.10. The molecule has 0 radical (unpaired) electrons. The molecule has 1 saturated heterocycles. The predicted octanol–water partition coefficient (Wildman–Crippen LogP) is -0.680. The van der Waals surface area contributed by atoms with E-state index in [0.29, 0.717) is 6.61 Å². The topological polar surface area (TPSA) is 88.1 Å². The Hall–Kier alpha value is -1.47. The SMILES string of the molecule is COC1COC(C(COC=O)OC=O)C1CC=O. The average Bonchev–Trinajstić information content (AvgIpc) is 2.78. The van der Waals surface area contributed by atoms with E-state index in [1.165, 1.54) is 7.11 Å². The third-order valence-corrected chi connectivity index (χ3v) is 2.95. The zero-order valence-corrected chi connectivity index (χ0v) is 10.0. The van der Waals surface area contributed by atoms with Crippen LogP contribution in [0.15, 0.2) is 0 Å². The molecule has 4 unspecified atom stereocenters. The molecule has 0 aromatic heterocycles. The van der Waals surface area contributed by atoms with E-state index in [-0.39, 0.29) is 38.0 Å². The maximum absolute atomic E-state index is 10.7. The largest absolute Gasteiger partial charge is 0.464 e. The summed E-state index contributed by atoms with van der Waals surface area (Å²) in [5, 5.41) is 0. The fourth-order valence-corrected chi connectivity index (χ4v) is 2.10. The summed E-state index contributed by atoms with van der Waals surface area (Å²) in [5.74, 6) is -0.229. The normalized spacial score (nSPS) is 28.4. The Morgan fingerprint density at radius 1 is 1.33 bits per heavy atom. The zero-order valence-electron chi connectivity index (χ0n) is 10.0. The molecule has 1 fully saturated rings. The second-order valence-corrected chi connectivity index (χ2v) is 3.84. The summed E-state index contributed by atoms with van der Waals surface area (Å²) in [6.45, 7) is 0.719. The summed E-state index contributed by atoms with van der Waals surface area (Å²) in [6, 6.07) is 0. The number of hydrogen-bond donors (Lipinski definition) is 0. The minimum absolute atomic E-state index is 0.112. The highest BCUT2D eigenvalue weighted by molar-refractivity contribution is 5.50. The van der Waals surface area contributed by atoms with Gasteiger partial charge in [-0.15, -0.1) is 0 Å². The minimum atomic E-state index is -0.738. The monoisotopic (exact) mass is 260 g/mol. The van der Waals surface area contributed by atoms with Crippen molar-refractivity contribution in [3.63, 3.8) is 0 Å². The van der Waals surface area contributed by atoms with Crippen LogP contribution < -0.4 is 0 Å². The van der Waals surface area contributed by atoms with Gasteiger partial charge in [0.25, 0.3) is 12.9 Å². The van der Waals surface area contributed by atoms with Crippen molar-refractivity contribution in [2.45, 2.75) is 24.7 Å². The molecule has 18 heavy (non-hydrogen) atoms. The minimum Gasteiger partial charge on any atom is -0.464 e. The second-order valence-electron chi connectivity index (χ2n) is 3.84. The Balaban J connectivity index is 2.71. The molecule has 7 heteroatoms. The van der Waals surface area contributed by atoms with Gasteiger partial charge in [-0.25, -0.2) is 0 Å². The number of carbonyl (C=O) groups excluding carboxylic acids is 3. The zero-order chi connectivity index (χ0) is 13.4. The van der Waals surface area contributed by atoms with Crippen molar-refractivity contribution in [2.75, 3.05) is 20.3 Å². The van der Waals surface area contributed by atoms with E-state index in [1.54, 1.807) is 0 Å². The molecule has 0 saturated carbocycles. The van der Waals surface area contributed by atoms with E-state index in [1.807, 2.05) is 0 Å². The number of carbonyl (C=O) groups is 3. The van der Waals surface area contributed by atoms with Crippen LogP contribution in [0.25, 0.3) is 0 Å². The quantitative estimate of drug-likeness (QED) is 0.507. The van der Waals surface area contributed by atoms with Gasteiger partial charge in [0.1, 0.15) is 19.0 Å². The van der Waals surface area contributed by atoms with Gasteiger partial charge in [0.2, 0.25) is 0 Å². The molecule has 0 amide bonds. The first-order valence-corrected chi connectivity index (χ1v) is 5.50. The predicted molar refractivity (Wildman–Crippen MR) is 57.7 cm³/mol. The van der Waals surface area contributed by atoms with E-state index < -0.39 is 12.2 Å². The van der Waals surface area contributed by atoms with E-state index in [0.717, 1.165) is 6.29 Å². The number of rotatable bonds is 9. The lowest BCUT2D eigenvalue weighted by atomic mass is 9.92. The molecule has 1 heterocycles. The summed E-state index contributed by atoms with van der Waals surface area (Å²) < 4.78 is 20.1. The van der Waals surface area contributed by atoms with E-state index in [2.05, 4.69) is 4.74 Å². The summed E-state index contributed by atoms with van der Waals surface area (Å²) in [7, 11) is 1.52. The van der Waals surface area contributed by atoms with Crippen LogP contribution in [0.5, 0.6) is 0 Å². The number of ether oxygens (including phenoxy) is 4. The van der Waals surface area contributed by atoms with Crippen LogP contribution in [0, 0.1) is 5.92 Å². The first-order chi connectivity index (χ1) is 8.78.